The molecule has 5 heteroatoms. The predicted octanol–water partition coefficient (Wildman–Crippen LogP) is 4.55. The van der Waals surface area contributed by atoms with E-state index in [1.165, 1.54) is 0 Å². The van der Waals surface area contributed by atoms with Gasteiger partial charge in [0.05, 0.1) is 16.8 Å². The lowest BCUT2D eigenvalue weighted by Gasteiger charge is -2.18. The Morgan fingerprint density at radius 2 is 1.68 bits per heavy atom. The molecule has 0 aliphatic heterocycles. The lowest BCUT2D eigenvalue weighted by atomic mass is 10.0. The summed E-state index contributed by atoms with van der Waals surface area (Å²) in [6.45, 7) is 0. The zero-order chi connectivity index (χ0) is 13.8. The molecular weight excluding hydrogens is 303 g/mol. The van der Waals surface area contributed by atoms with Gasteiger partial charge in [0.1, 0.15) is 0 Å². The Kier molecular flexibility index (Phi) is 5.06. The highest BCUT2D eigenvalue weighted by molar-refractivity contribution is 6.36. The Bertz CT molecular complexity index is 552. The second-order valence-electron chi connectivity index (χ2n) is 4.12. The van der Waals surface area contributed by atoms with Crippen molar-refractivity contribution in [1.82, 2.24) is 10.3 Å². The van der Waals surface area contributed by atoms with E-state index < -0.39 is 0 Å². The van der Waals surface area contributed by atoms with E-state index in [-0.39, 0.29) is 6.04 Å². The number of halogens is 3. The van der Waals surface area contributed by atoms with Crippen molar-refractivity contribution in [1.29, 1.82) is 0 Å². The highest BCUT2D eigenvalue weighted by atomic mass is 35.5. The van der Waals surface area contributed by atoms with Gasteiger partial charge in [0, 0.05) is 16.2 Å². The summed E-state index contributed by atoms with van der Waals surface area (Å²) in [5.74, 6) is 0. The van der Waals surface area contributed by atoms with E-state index in [9.17, 15) is 0 Å². The summed E-state index contributed by atoms with van der Waals surface area (Å²) in [4.78, 5) is 4.32. The summed E-state index contributed by atoms with van der Waals surface area (Å²) in [6, 6.07) is 9.08. The molecule has 1 atom stereocenters. The molecule has 0 fully saturated rings. The molecule has 1 aromatic carbocycles. The first-order valence-electron chi connectivity index (χ1n) is 5.84. The summed E-state index contributed by atoms with van der Waals surface area (Å²) in [6.07, 6.45) is 2.35. The molecule has 0 aliphatic rings. The lowest BCUT2D eigenvalue weighted by Crippen LogP contribution is -2.20. The zero-order valence-electron chi connectivity index (χ0n) is 10.3. The van der Waals surface area contributed by atoms with Crippen LogP contribution in [0.2, 0.25) is 15.1 Å². The van der Waals surface area contributed by atoms with Crippen molar-refractivity contribution in [3.05, 3.63) is 62.9 Å². The van der Waals surface area contributed by atoms with Crippen LogP contribution >= 0.6 is 34.8 Å². The standard InChI is InChI=1S/C14H13Cl3N2/c1-18-13(14-12(17)6-3-7-19-14)8-9-10(15)4-2-5-11(9)16/h2-7,13,18H,8H2,1H3. The van der Waals surface area contributed by atoms with Crippen molar-refractivity contribution in [3.63, 3.8) is 0 Å². The summed E-state index contributed by atoms with van der Waals surface area (Å²) in [5.41, 5.74) is 1.69. The molecule has 0 radical (unpaired) electrons. The molecule has 2 aromatic rings. The Labute approximate surface area is 127 Å². The predicted molar refractivity (Wildman–Crippen MR) is 81.2 cm³/mol. The van der Waals surface area contributed by atoms with Crippen LogP contribution < -0.4 is 5.32 Å². The number of nitrogens with one attached hydrogen (secondary N) is 1. The van der Waals surface area contributed by atoms with Crippen molar-refractivity contribution in [3.8, 4) is 0 Å². The zero-order valence-corrected chi connectivity index (χ0v) is 12.6. The first kappa shape index (κ1) is 14.6. The van der Waals surface area contributed by atoms with Gasteiger partial charge in [0.2, 0.25) is 0 Å². The normalized spacial score (nSPS) is 12.4. The van der Waals surface area contributed by atoms with Crippen LogP contribution in [0.1, 0.15) is 17.3 Å². The van der Waals surface area contributed by atoms with E-state index in [2.05, 4.69) is 10.3 Å². The van der Waals surface area contributed by atoms with Gasteiger partial charge in [-0.1, -0.05) is 40.9 Å². The number of rotatable bonds is 4. The van der Waals surface area contributed by atoms with E-state index in [4.69, 9.17) is 34.8 Å². The number of pyridine rings is 1. The van der Waals surface area contributed by atoms with Gasteiger partial charge in [-0.2, -0.15) is 0 Å². The van der Waals surface area contributed by atoms with Crippen LogP contribution in [0.5, 0.6) is 0 Å². The highest BCUT2D eigenvalue weighted by Crippen LogP contribution is 2.30. The van der Waals surface area contributed by atoms with E-state index in [1.807, 2.05) is 31.3 Å². The van der Waals surface area contributed by atoms with Gasteiger partial charge in [0.25, 0.3) is 0 Å². The van der Waals surface area contributed by atoms with Crippen LogP contribution in [0, 0.1) is 0 Å². The first-order valence-corrected chi connectivity index (χ1v) is 6.97. The maximum Gasteiger partial charge on any atom is 0.0762 e. The SMILES string of the molecule is CNC(Cc1c(Cl)cccc1Cl)c1ncccc1Cl. The molecule has 1 N–H and O–H groups in total. The molecule has 100 valence electrons. The van der Waals surface area contributed by atoms with Gasteiger partial charge < -0.3 is 5.32 Å². The fourth-order valence-corrected chi connectivity index (χ4v) is 2.73. The van der Waals surface area contributed by atoms with E-state index in [0.717, 1.165) is 11.3 Å². The van der Waals surface area contributed by atoms with Gasteiger partial charge >= 0.3 is 0 Å². The fourth-order valence-electron chi connectivity index (χ4n) is 1.92. The summed E-state index contributed by atoms with van der Waals surface area (Å²) < 4.78 is 0. The van der Waals surface area contributed by atoms with Gasteiger partial charge in [-0.25, -0.2) is 0 Å². The lowest BCUT2D eigenvalue weighted by molar-refractivity contribution is 0.576. The van der Waals surface area contributed by atoms with Gasteiger partial charge in [-0.15, -0.1) is 0 Å². The molecule has 0 saturated heterocycles. The molecule has 0 saturated carbocycles. The average Bonchev–Trinajstić information content (AvgIpc) is 2.40. The number of hydrogen-bond acceptors (Lipinski definition) is 2. The second-order valence-corrected chi connectivity index (χ2v) is 5.34. The molecule has 1 aromatic heterocycles. The Morgan fingerprint density at radius 1 is 1.05 bits per heavy atom. The minimum atomic E-state index is -0.0360. The van der Waals surface area contributed by atoms with Crippen LogP contribution in [0.25, 0.3) is 0 Å². The van der Waals surface area contributed by atoms with Crippen LogP contribution in [0.3, 0.4) is 0 Å². The summed E-state index contributed by atoms with van der Waals surface area (Å²) >= 11 is 18.6. The van der Waals surface area contributed by atoms with Gasteiger partial charge in [-0.3, -0.25) is 4.98 Å². The van der Waals surface area contributed by atoms with Crippen LogP contribution in [-0.2, 0) is 6.42 Å². The fraction of sp³-hybridized carbons (Fsp3) is 0.214. The van der Waals surface area contributed by atoms with E-state index >= 15 is 0 Å². The molecular formula is C14H13Cl3N2. The number of likely N-dealkylation sites (N-methyl/N-ethyl adjacent to an activating group) is 1. The molecule has 1 heterocycles. The third kappa shape index (κ3) is 3.40. The average molecular weight is 316 g/mol. The van der Waals surface area contributed by atoms with Gasteiger partial charge in [-0.05, 0) is 43.3 Å². The maximum atomic E-state index is 6.19. The molecule has 0 aliphatic carbocycles. The first-order chi connectivity index (χ1) is 9.13. The number of benzene rings is 1. The molecule has 1 unspecified atom stereocenters. The number of nitrogens with zero attached hydrogens (tertiary/aromatic N) is 1. The Balaban J connectivity index is 2.32. The molecule has 2 nitrogen and oxygen atoms in total. The van der Waals surface area contributed by atoms with Crippen molar-refractivity contribution in [2.75, 3.05) is 7.05 Å². The Morgan fingerprint density at radius 3 is 2.26 bits per heavy atom. The largest absolute Gasteiger partial charge is 0.311 e. The smallest absolute Gasteiger partial charge is 0.0762 e. The quantitative estimate of drug-likeness (QED) is 0.895. The van der Waals surface area contributed by atoms with Crippen molar-refractivity contribution in [2.45, 2.75) is 12.5 Å². The van der Waals surface area contributed by atoms with E-state index in [1.54, 1.807) is 12.3 Å². The van der Waals surface area contributed by atoms with Crippen LogP contribution in [0.15, 0.2) is 36.5 Å². The Hall–Kier alpha value is -0.800. The summed E-state index contributed by atoms with van der Waals surface area (Å²) in [5, 5.41) is 5.13. The molecule has 2 rings (SSSR count). The molecule has 0 amide bonds. The minimum absolute atomic E-state index is 0.0360. The van der Waals surface area contributed by atoms with Crippen LogP contribution in [0.4, 0.5) is 0 Å². The third-order valence-electron chi connectivity index (χ3n) is 2.94. The topological polar surface area (TPSA) is 24.9 Å². The molecule has 19 heavy (non-hydrogen) atoms. The third-order valence-corrected chi connectivity index (χ3v) is 3.96. The van der Waals surface area contributed by atoms with Gasteiger partial charge in [0.15, 0.2) is 0 Å². The molecule has 0 spiro atoms. The number of aromatic nitrogens is 1. The molecule has 0 bridgehead atoms. The van der Waals surface area contributed by atoms with Crippen molar-refractivity contribution in [2.24, 2.45) is 0 Å². The van der Waals surface area contributed by atoms with E-state index in [0.29, 0.717) is 21.5 Å². The van der Waals surface area contributed by atoms with Crippen molar-refractivity contribution < 1.29 is 0 Å². The van der Waals surface area contributed by atoms with Crippen molar-refractivity contribution >= 4 is 34.8 Å². The maximum absolute atomic E-state index is 6.19. The summed E-state index contributed by atoms with van der Waals surface area (Å²) in [7, 11) is 1.86. The second kappa shape index (κ2) is 6.58. The van der Waals surface area contributed by atoms with Crippen LogP contribution in [-0.4, -0.2) is 12.0 Å². The minimum Gasteiger partial charge on any atom is -0.311 e. The monoisotopic (exact) mass is 314 g/mol. The highest BCUT2D eigenvalue weighted by Gasteiger charge is 2.17. The number of hydrogen-bond donors (Lipinski definition) is 1.